The second kappa shape index (κ2) is 5.75. The van der Waals surface area contributed by atoms with Gasteiger partial charge in [-0.1, -0.05) is 11.8 Å². The van der Waals surface area contributed by atoms with Crippen molar-refractivity contribution < 1.29 is 23.8 Å². The van der Waals surface area contributed by atoms with Crippen LogP contribution in [0.4, 0.5) is 0 Å². The fourth-order valence-electron chi connectivity index (χ4n) is 1.43. The van der Waals surface area contributed by atoms with Gasteiger partial charge in [-0.3, -0.25) is 4.79 Å². The van der Waals surface area contributed by atoms with E-state index in [-0.39, 0.29) is 11.0 Å². The van der Waals surface area contributed by atoms with Crippen LogP contribution >= 0.6 is 11.8 Å². The van der Waals surface area contributed by atoms with Crippen LogP contribution in [0, 0.1) is 0 Å². The highest BCUT2D eigenvalue weighted by Crippen LogP contribution is 2.24. The highest BCUT2D eigenvalue weighted by Gasteiger charge is 2.12. The van der Waals surface area contributed by atoms with E-state index in [4.69, 9.17) is 14.3 Å². The molecule has 0 bridgehead atoms. The van der Waals surface area contributed by atoms with E-state index in [1.54, 1.807) is 25.1 Å². The summed E-state index contributed by atoms with van der Waals surface area (Å²) < 4.78 is 10.2. The number of rotatable bonds is 5. The van der Waals surface area contributed by atoms with Gasteiger partial charge in [0.05, 0.1) is 12.2 Å². The fourth-order valence-corrected chi connectivity index (χ4v) is 1.99. The maximum Gasteiger partial charge on any atom is 0.338 e. The van der Waals surface area contributed by atoms with Gasteiger partial charge < -0.3 is 14.3 Å². The summed E-state index contributed by atoms with van der Waals surface area (Å²) in [6.45, 7) is 2.03. The summed E-state index contributed by atoms with van der Waals surface area (Å²) in [6.07, 6.45) is 0. The van der Waals surface area contributed by atoms with Gasteiger partial charge in [0, 0.05) is 0 Å². The van der Waals surface area contributed by atoms with Gasteiger partial charge in [-0.05, 0) is 25.1 Å². The van der Waals surface area contributed by atoms with Crippen LogP contribution < -0.4 is 0 Å². The second-order valence-corrected chi connectivity index (χ2v) is 4.49. The largest absolute Gasteiger partial charge is 0.481 e. The molecule has 0 amide bonds. The predicted octanol–water partition coefficient (Wildman–Crippen LogP) is 2.18. The molecule has 1 aromatic carbocycles. The molecule has 0 spiro atoms. The summed E-state index contributed by atoms with van der Waals surface area (Å²) in [5, 5.41) is 8.84. The number of nitrogens with zero attached hydrogens (tertiary/aromatic N) is 1. The third-order valence-corrected chi connectivity index (χ3v) is 3.01. The van der Waals surface area contributed by atoms with Gasteiger partial charge in [-0.15, -0.1) is 0 Å². The summed E-state index contributed by atoms with van der Waals surface area (Å²) in [4.78, 5) is 26.1. The number of hydrogen-bond donors (Lipinski definition) is 1. The number of fused-ring (bicyclic) bond motifs is 1. The molecule has 0 atom stereocenters. The molecular weight excluding hydrogens is 270 g/mol. The number of carboxylic acids is 1. The Hall–Kier alpha value is -2.02. The van der Waals surface area contributed by atoms with E-state index >= 15 is 0 Å². The Bertz CT molecular complexity index is 622. The molecule has 2 aromatic rings. The highest BCUT2D eigenvalue weighted by atomic mass is 32.2. The van der Waals surface area contributed by atoms with Crippen molar-refractivity contribution in [2.75, 3.05) is 12.4 Å². The molecule has 0 aliphatic carbocycles. The van der Waals surface area contributed by atoms with Crippen molar-refractivity contribution >= 4 is 34.8 Å². The number of benzene rings is 1. The molecule has 1 heterocycles. The molecule has 1 N–H and O–H groups in total. The predicted molar refractivity (Wildman–Crippen MR) is 68.3 cm³/mol. The zero-order valence-corrected chi connectivity index (χ0v) is 10.9. The Morgan fingerprint density at radius 1 is 1.47 bits per heavy atom. The summed E-state index contributed by atoms with van der Waals surface area (Å²) in [5.74, 6) is -1.50. The molecule has 0 aliphatic heterocycles. The van der Waals surface area contributed by atoms with E-state index in [9.17, 15) is 9.59 Å². The van der Waals surface area contributed by atoms with Gasteiger partial charge in [0.1, 0.15) is 11.3 Å². The van der Waals surface area contributed by atoms with E-state index in [1.807, 2.05) is 0 Å². The van der Waals surface area contributed by atoms with Gasteiger partial charge in [0.15, 0.2) is 5.58 Å². The summed E-state index contributed by atoms with van der Waals surface area (Å²) in [7, 11) is 0. The van der Waals surface area contributed by atoms with E-state index in [1.165, 1.54) is 0 Å². The van der Waals surface area contributed by atoms with Crippen LogP contribution in [0.5, 0.6) is 0 Å². The molecule has 0 unspecified atom stereocenters. The van der Waals surface area contributed by atoms with E-state index in [0.29, 0.717) is 23.3 Å². The zero-order chi connectivity index (χ0) is 13.8. The lowest BCUT2D eigenvalue weighted by Gasteiger charge is -2.00. The van der Waals surface area contributed by atoms with Gasteiger partial charge in [-0.2, -0.15) is 0 Å². The van der Waals surface area contributed by atoms with Crippen molar-refractivity contribution in [1.29, 1.82) is 0 Å². The topological polar surface area (TPSA) is 89.6 Å². The summed E-state index contributed by atoms with van der Waals surface area (Å²) in [5.41, 5.74) is 1.39. The monoisotopic (exact) mass is 281 g/mol. The molecule has 0 radical (unpaired) electrons. The molecule has 2 rings (SSSR count). The molecule has 19 heavy (non-hydrogen) atoms. The lowest BCUT2D eigenvalue weighted by atomic mass is 10.2. The number of carbonyl (C=O) groups is 2. The highest BCUT2D eigenvalue weighted by molar-refractivity contribution is 7.99. The molecule has 0 aliphatic rings. The van der Waals surface area contributed by atoms with Crippen LogP contribution in [0.25, 0.3) is 11.1 Å². The van der Waals surface area contributed by atoms with Crippen LogP contribution in [0.1, 0.15) is 17.3 Å². The number of ether oxygens (including phenoxy) is 1. The quantitative estimate of drug-likeness (QED) is 0.663. The van der Waals surface area contributed by atoms with Crippen molar-refractivity contribution in [2.45, 2.75) is 12.1 Å². The minimum absolute atomic E-state index is 0.127. The number of aliphatic carboxylic acids is 1. The van der Waals surface area contributed by atoms with Gasteiger partial charge in [0.25, 0.3) is 5.22 Å². The first-order chi connectivity index (χ1) is 9.10. The van der Waals surface area contributed by atoms with E-state index in [0.717, 1.165) is 11.8 Å². The molecule has 1 aromatic heterocycles. The maximum absolute atomic E-state index is 11.5. The minimum atomic E-state index is -0.945. The van der Waals surface area contributed by atoms with E-state index < -0.39 is 11.9 Å². The third-order valence-electron chi connectivity index (χ3n) is 2.20. The zero-order valence-electron chi connectivity index (χ0n) is 10.1. The van der Waals surface area contributed by atoms with E-state index in [2.05, 4.69) is 4.98 Å². The fraction of sp³-hybridized carbons (Fsp3) is 0.250. The number of oxazole rings is 1. The van der Waals surface area contributed by atoms with Crippen LogP contribution in [-0.2, 0) is 9.53 Å². The van der Waals surface area contributed by atoms with Crippen molar-refractivity contribution in [2.24, 2.45) is 0 Å². The summed E-state index contributed by atoms with van der Waals surface area (Å²) in [6, 6.07) is 4.75. The minimum Gasteiger partial charge on any atom is -0.481 e. The smallest absolute Gasteiger partial charge is 0.338 e. The first-order valence-corrected chi connectivity index (χ1v) is 6.51. The normalized spacial score (nSPS) is 10.6. The Balaban J connectivity index is 2.23. The number of aromatic nitrogens is 1. The van der Waals surface area contributed by atoms with Crippen molar-refractivity contribution in [3.63, 3.8) is 0 Å². The van der Waals surface area contributed by atoms with Crippen molar-refractivity contribution in [3.8, 4) is 0 Å². The SMILES string of the molecule is CCOC(=O)c1ccc2oc(SCC(=O)O)nc2c1. The third kappa shape index (κ3) is 3.25. The number of hydrogen-bond acceptors (Lipinski definition) is 6. The molecule has 0 fully saturated rings. The molecule has 7 heteroatoms. The van der Waals surface area contributed by atoms with Gasteiger partial charge in [-0.25, -0.2) is 9.78 Å². The molecule has 0 saturated heterocycles. The van der Waals surface area contributed by atoms with Gasteiger partial charge >= 0.3 is 11.9 Å². The van der Waals surface area contributed by atoms with Gasteiger partial charge in [0.2, 0.25) is 0 Å². The number of thioether (sulfide) groups is 1. The molecular formula is C12H11NO5S. The average molecular weight is 281 g/mol. The first-order valence-electron chi connectivity index (χ1n) is 5.52. The lowest BCUT2D eigenvalue weighted by Crippen LogP contribution is -2.03. The molecule has 100 valence electrons. The van der Waals surface area contributed by atoms with Crippen molar-refractivity contribution in [1.82, 2.24) is 4.98 Å². The van der Waals surface area contributed by atoms with Crippen LogP contribution in [0.15, 0.2) is 27.8 Å². The lowest BCUT2D eigenvalue weighted by molar-refractivity contribution is -0.133. The number of carbonyl (C=O) groups excluding carboxylic acids is 1. The second-order valence-electron chi connectivity index (χ2n) is 3.57. The average Bonchev–Trinajstić information content (AvgIpc) is 2.78. The molecule has 6 nitrogen and oxygen atoms in total. The van der Waals surface area contributed by atoms with Crippen LogP contribution in [-0.4, -0.2) is 34.4 Å². The molecule has 0 saturated carbocycles. The first kappa shape index (κ1) is 13.4. The number of esters is 1. The Morgan fingerprint density at radius 2 is 2.26 bits per heavy atom. The standard InChI is InChI=1S/C12H11NO5S/c1-2-17-11(16)7-3-4-9-8(5-7)13-12(18-9)19-6-10(14)15/h3-5H,2,6H2,1H3,(H,14,15). The summed E-state index contributed by atoms with van der Waals surface area (Å²) >= 11 is 0.985. The van der Waals surface area contributed by atoms with Crippen molar-refractivity contribution in [3.05, 3.63) is 23.8 Å². The Labute approximate surface area is 112 Å². The maximum atomic E-state index is 11.5. The Morgan fingerprint density at radius 3 is 2.95 bits per heavy atom. The van der Waals surface area contributed by atoms with Crippen LogP contribution in [0.3, 0.4) is 0 Å². The Kier molecular flexibility index (Phi) is 4.06. The van der Waals surface area contributed by atoms with Crippen LogP contribution in [0.2, 0.25) is 0 Å². The number of carboxylic acid groups (broad SMARTS) is 1.